The first-order valence-electron chi connectivity index (χ1n) is 7.30. The first-order chi connectivity index (χ1) is 9.95. The fourth-order valence-corrected chi connectivity index (χ4v) is 3.13. The van der Waals surface area contributed by atoms with Gasteiger partial charge in [0.05, 0.1) is 0 Å². The predicted molar refractivity (Wildman–Crippen MR) is 85.5 cm³/mol. The lowest BCUT2D eigenvalue weighted by Gasteiger charge is -2.40. The van der Waals surface area contributed by atoms with Crippen molar-refractivity contribution in [2.24, 2.45) is 5.92 Å². The molecular weight excluding hydrogens is 332 g/mol. The second kappa shape index (κ2) is 6.60. The Bertz CT molecular complexity index is 545. The maximum Gasteiger partial charge on any atom is 0.246 e. The molecular formula is C16H21BrN2O2. The number of benzene rings is 1. The minimum atomic E-state index is -0.410. The van der Waals surface area contributed by atoms with Crippen LogP contribution >= 0.6 is 15.9 Å². The first-order valence-corrected chi connectivity index (χ1v) is 8.09. The number of halogens is 1. The van der Waals surface area contributed by atoms with E-state index in [0.29, 0.717) is 13.0 Å². The quantitative estimate of drug-likeness (QED) is 0.905. The largest absolute Gasteiger partial charge is 0.343 e. The second-order valence-corrected chi connectivity index (χ2v) is 6.57. The number of carbonyl (C=O) groups is 2. The summed E-state index contributed by atoms with van der Waals surface area (Å²) >= 11 is 3.51. The van der Waals surface area contributed by atoms with E-state index in [1.165, 1.54) is 0 Å². The van der Waals surface area contributed by atoms with Gasteiger partial charge in [-0.1, -0.05) is 54.9 Å². The van der Waals surface area contributed by atoms with E-state index in [9.17, 15) is 9.59 Å². The van der Waals surface area contributed by atoms with Crippen molar-refractivity contribution in [1.82, 2.24) is 10.2 Å². The molecule has 1 N–H and O–H groups in total. The summed E-state index contributed by atoms with van der Waals surface area (Å²) in [6.07, 6.45) is 0.613. The average Bonchev–Trinajstić information content (AvgIpc) is 2.44. The number of hydrogen-bond donors (Lipinski definition) is 1. The number of nitrogens with zero attached hydrogens (tertiary/aromatic N) is 1. The smallest absolute Gasteiger partial charge is 0.246 e. The van der Waals surface area contributed by atoms with Gasteiger partial charge in [0, 0.05) is 11.0 Å². The molecule has 1 saturated heterocycles. The van der Waals surface area contributed by atoms with Gasteiger partial charge in [-0.25, -0.2) is 0 Å². The van der Waals surface area contributed by atoms with Gasteiger partial charge in [-0.05, 0) is 24.0 Å². The summed E-state index contributed by atoms with van der Waals surface area (Å²) in [7, 11) is 0. The Labute approximate surface area is 134 Å². The highest BCUT2D eigenvalue weighted by atomic mass is 79.9. The number of carbonyl (C=O) groups excluding carboxylic acids is 2. The average molecular weight is 353 g/mol. The van der Waals surface area contributed by atoms with Gasteiger partial charge in [0.15, 0.2) is 0 Å². The SMILES string of the molecule is CCC1NC(=O)C(C(C)C)N(Cc2ccccc2Br)C1=O. The first kappa shape index (κ1) is 16.0. The molecule has 0 bridgehead atoms. The van der Waals surface area contributed by atoms with Crippen LogP contribution in [0.25, 0.3) is 0 Å². The Hall–Kier alpha value is -1.36. The molecule has 0 saturated carbocycles. The van der Waals surface area contributed by atoms with Gasteiger partial charge in [-0.3, -0.25) is 9.59 Å². The summed E-state index contributed by atoms with van der Waals surface area (Å²) in [6, 6.07) is 6.99. The molecule has 1 aliphatic heterocycles. The maximum absolute atomic E-state index is 12.6. The van der Waals surface area contributed by atoms with Gasteiger partial charge < -0.3 is 10.2 Å². The van der Waals surface area contributed by atoms with Crippen LogP contribution in [-0.2, 0) is 16.1 Å². The molecule has 2 rings (SSSR count). The molecule has 0 spiro atoms. The van der Waals surface area contributed by atoms with Crippen molar-refractivity contribution in [1.29, 1.82) is 0 Å². The molecule has 2 atom stereocenters. The van der Waals surface area contributed by atoms with Crippen LogP contribution in [0.3, 0.4) is 0 Å². The van der Waals surface area contributed by atoms with E-state index in [1.807, 2.05) is 45.0 Å². The Morgan fingerprint density at radius 3 is 2.52 bits per heavy atom. The predicted octanol–water partition coefficient (Wildman–Crippen LogP) is 2.71. The molecule has 2 amide bonds. The number of hydrogen-bond acceptors (Lipinski definition) is 2. The van der Waals surface area contributed by atoms with Gasteiger partial charge in [0.1, 0.15) is 12.1 Å². The number of amides is 2. The highest BCUT2D eigenvalue weighted by Crippen LogP contribution is 2.24. The molecule has 21 heavy (non-hydrogen) atoms. The van der Waals surface area contributed by atoms with Crippen molar-refractivity contribution < 1.29 is 9.59 Å². The lowest BCUT2D eigenvalue weighted by Crippen LogP contribution is -2.64. The number of rotatable bonds is 4. The van der Waals surface area contributed by atoms with E-state index in [0.717, 1.165) is 10.0 Å². The Morgan fingerprint density at radius 1 is 1.29 bits per heavy atom. The molecule has 114 valence electrons. The fraction of sp³-hybridized carbons (Fsp3) is 0.500. The Balaban J connectivity index is 2.32. The summed E-state index contributed by atoms with van der Waals surface area (Å²) in [6.45, 7) is 6.30. The molecule has 1 aromatic carbocycles. The van der Waals surface area contributed by atoms with Crippen LogP contribution in [0.5, 0.6) is 0 Å². The zero-order chi connectivity index (χ0) is 15.6. The van der Waals surface area contributed by atoms with Gasteiger partial charge in [-0.2, -0.15) is 0 Å². The van der Waals surface area contributed by atoms with Crippen LogP contribution in [0.2, 0.25) is 0 Å². The summed E-state index contributed by atoms with van der Waals surface area (Å²) in [5.41, 5.74) is 1.01. The summed E-state index contributed by atoms with van der Waals surface area (Å²) in [5.74, 6) is 0.0318. The lowest BCUT2D eigenvalue weighted by atomic mass is 9.95. The van der Waals surface area contributed by atoms with E-state index in [4.69, 9.17) is 0 Å². The minimum absolute atomic E-state index is 0.00607. The van der Waals surface area contributed by atoms with Crippen molar-refractivity contribution in [2.45, 2.75) is 45.8 Å². The van der Waals surface area contributed by atoms with Gasteiger partial charge in [-0.15, -0.1) is 0 Å². The lowest BCUT2D eigenvalue weighted by molar-refractivity contribution is -0.152. The van der Waals surface area contributed by atoms with E-state index in [-0.39, 0.29) is 17.7 Å². The van der Waals surface area contributed by atoms with Crippen LogP contribution in [0.1, 0.15) is 32.8 Å². The molecule has 0 radical (unpaired) electrons. The fourth-order valence-electron chi connectivity index (χ4n) is 2.72. The Kier molecular flexibility index (Phi) is 5.04. The topological polar surface area (TPSA) is 49.4 Å². The van der Waals surface area contributed by atoms with Crippen LogP contribution in [-0.4, -0.2) is 28.8 Å². The zero-order valence-corrected chi connectivity index (χ0v) is 14.2. The number of piperazine rings is 1. The minimum Gasteiger partial charge on any atom is -0.343 e. The molecule has 1 aromatic rings. The summed E-state index contributed by atoms with van der Waals surface area (Å²) < 4.78 is 0.958. The maximum atomic E-state index is 12.6. The van der Waals surface area contributed by atoms with Crippen LogP contribution in [0.4, 0.5) is 0 Å². The van der Waals surface area contributed by atoms with Gasteiger partial charge >= 0.3 is 0 Å². The number of nitrogens with one attached hydrogen (secondary N) is 1. The molecule has 1 fully saturated rings. The van der Waals surface area contributed by atoms with Crippen molar-refractivity contribution in [3.05, 3.63) is 34.3 Å². The zero-order valence-electron chi connectivity index (χ0n) is 12.6. The van der Waals surface area contributed by atoms with Gasteiger partial charge in [0.25, 0.3) is 0 Å². The van der Waals surface area contributed by atoms with E-state index in [2.05, 4.69) is 21.2 Å². The third-order valence-electron chi connectivity index (χ3n) is 3.84. The van der Waals surface area contributed by atoms with E-state index < -0.39 is 12.1 Å². The standard InChI is InChI=1S/C16H21BrN2O2/c1-4-13-16(21)19(14(10(2)3)15(20)18-13)9-11-7-5-6-8-12(11)17/h5-8,10,13-14H,4,9H2,1-3H3,(H,18,20). The van der Waals surface area contributed by atoms with Crippen molar-refractivity contribution in [2.75, 3.05) is 0 Å². The molecule has 2 unspecified atom stereocenters. The highest BCUT2D eigenvalue weighted by molar-refractivity contribution is 9.10. The Morgan fingerprint density at radius 2 is 1.95 bits per heavy atom. The second-order valence-electron chi connectivity index (χ2n) is 5.72. The van der Waals surface area contributed by atoms with Gasteiger partial charge in [0.2, 0.25) is 11.8 Å². The third kappa shape index (κ3) is 3.28. The van der Waals surface area contributed by atoms with E-state index >= 15 is 0 Å². The van der Waals surface area contributed by atoms with Crippen molar-refractivity contribution in [3.8, 4) is 0 Å². The monoisotopic (exact) mass is 352 g/mol. The molecule has 1 heterocycles. The van der Waals surface area contributed by atoms with Crippen molar-refractivity contribution in [3.63, 3.8) is 0 Å². The summed E-state index contributed by atoms with van der Waals surface area (Å²) in [4.78, 5) is 26.7. The molecule has 0 aliphatic carbocycles. The van der Waals surface area contributed by atoms with Crippen LogP contribution < -0.4 is 5.32 Å². The molecule has 0 aromatic heterocycles. The highest BCUT2D eigenvalue weighted by Gasteiger charge is 2.41. The molecule has 5 heteroatoms. The van der Waals surface area contributed by atoms with E-state index in [1.54, 1.807) is 4.90 Å². The molecule has 1 aliphatic rings. The van der Waals surface area contributed by atoms with Crippen LogP contribution in [0, 0.1) is 5.92 Å². The van der Waals surface area contributed by atoms with Crippen molar-refractivity contribution >= 4 is 27.7 Å². The van der Waals surface area contributed by atoms with Crippen LogP contribution in [0.15, 0.2) is 28.7 Å². The summed E-state index contributed by atoms with van der Waals surface area (Å²) in [5, 5.41) is 2.84. The normalized spacial score (nSPS) is 22.6. The third-order valence-corrected chi connectivity index (χ3v) is 4.61. The molecule has 4 nitrogen and oxygen atoms in total.